The lowest BCUT2D eigenvalue weighted by Gasteiger charge is -2.39. The van der Waals surface area contributed by atoms with E-state index in [0.29, 0.717) is 53.8 Å². The predicted molar refractivity (Wildman–Crippen MR) is 156 cm³/mol. The van der Waals surface area contributed by atoms with Crippen LogP contribution in [-0.4, -0.2) is 69.9 Å². The van der Waals surface area contributed by atoms with Crippen LogP contribution in [0.1, 0.15) is 64.0 Å². The van der Waals surface area contributed by atoms with Crippen molar-refractivity contribution in [2.45, 2.75) is 69.9 Å². The van der Waals surface area contributed by atoms with Gasteiger partial charge in [0.1, 0.15) is 11.2 Å². The lowest BCUT2D eigenvalue weighted by molar-refractivity contribution is -0.243. The van der Waals surface area contributed by atoms with Crippen LogP contribution in [0.3, 0.4) is 0 Å². The van der Waals surface area contributed by atoms with Gasteiger partial charge in [0.05, 0.1) is 36.4 Å². The van der Waals surface area contributed by atoms with Crippen LogP contribution >= 0.6 is 0 Å². The summed E-state index contributed by atoms with van der Waals surface area (Å²) < 4.78 is 37.3. The highest BCUT2D eigenvalue weighted by atomic mass is 19.1. The summed E-state index contributed by atoms with van der Waals surface area (Å²) in [5, 5.41) is 3.24. The molecule has 2 aliphatic heterocycles. The molecule has 2 aromatic heterocycles. The van der Waals surface area contributed by atoms with Crippen molar-refractivity contribution in [3.8, 4) is 22.6 Å². The molecule has 0 radical (unpaired) electrons. The monoisotopic (exact) mass is 608 g/mol. The fourth-order valence-electron chi connectivity index (χ4n) is 5.81. The van der Waals surface area contributed by atoms with E-state index in [1.54, 1.807) is 31.3 Å². The SMILES string of the molecule is CC1(C(=O)OC2(C(N)=O)CCCCC2)COC(c2nc(-c3ccc(F)cc3)c(-c3ccnc(NCC4CCCO4)n3)[nH]2)OC1. The molecule has 1 aliphatic carbocycles. The molecule has 44 heavy (non-hydrogen) atoms. The van der Waals surface area contributed by atoms with Gasteiger partial charge in [0.2, 0.25) is 12.2 Å². The second-order valence-electron chi connectivity index (χ2n) is 12.0. The Bertz CT molecular complexity index is 1480. The molecule has 4 heterocycles. The molecule has 4 N–H and O–H groups in total. The maximum absolute atomic E-state index is 13.8. The number of primary amides is 1. The van der Waals surface area contributed by atoms with Gasteiger partial charge in [-0.05, 0) is 75.8 Å². The molecule has 1 saturated carbocycles. The maximum Gasteiger partial charge on any atom is 0.317 e. The standard InChI is InChI=1S/C31H37FN6O6/c1-30(28(40)44-31(27(33)39)12-3-2-4-13-31)17-42-26(43-18-30)25-37-23(19-7-9-20(32)10-8-19)24(38-25)22-11-14-34-29(36-22)35-16-21-6-5-15-41-21/h7-11,14,21,26H,2-6,12-13,15-18H2,1H3,(H2,33,39)(H,37,38)(H,34,35,36). The third kappa shape index (κ3) is 6.30. The fraction of sp³-hybridized carbons (Fsp3) is 0.516. The molecule has 3 aromatic rings. The summed E-state index contributed by atoms with van der Waals surface area (Å²) in [5.41, 5.74) is 5.51. The second kappa shape index (κ2) is 12.6. The Morgan fingerprint density at radius 1 is 1.07 bits per heavy atom. The lowest BCUT2D eigenvalue weighted by Crippen LogP contribution is -2.53. The number of nitrogens with zero attached hydrogens (tertiary/aromatic N) is 3. The summed E-state index contributed by atoms with van der Waals surface area (Å²) in [7, 11) is 0. The van der Waals surface area contributed by atoms with Crippen LogP contribution in [0.5, 0.6) is 0 Å². The minimum absolute atomic E-state index is 0.0297. The van der Waals surface area contributed by atoms with Crippen molar-refractivity contribution in [3.05, 3.63) is 48.2 Å². The number of H-pyrrole nitrogens is 1. The number of aromatic amines is 1. The molecule has 2 saturated heterocycles. The van der Waals surface area contributed by atoms with Crippen molar-refractivity contribution in [2.75, 3.05) is 31.7 Å². The molecular formula is C31H37FN6O6. The Morgan fingerprint density at radius 2 is 1.82 bits per heavy atom. The number of halogens is 1. The Balaban J connectivity index is 1.21. The molecule has 13 heteroatoms. The number of nitrogens with one attached hydrogen (secondary N) is 2. The van der Waals surface area contributed by atoms with Crippen molar-refractivity contribution >= 4 is 17.8 Å². The van der Waals surface area contributed by atoms with Crippen LogP contribution in [0.4, 0.5) is 10.3 Å². The zero-order chi connectivity index (χ0) is 30.7. The second-order valence-corrected chi connectivity index (χ2v) is 12.0. The predicted octanol–water partition coefficient (Wildman–Crippen LogP) is 4.05. The van der Waals surface area contributed by atoms with Crippen LogP contribution in [0, 0.1) is 11.2 Å². The van der Waals surface area contributed by atoms with Crippen LogP contribution < -0.4 is 11.1 Å². The van der Waals surface area contributed by atoms with Crippen LogP contribution in [-0.2, 0) is 28.5 Å². The molecule has 0 bridgehead atoms. The first-order valence-electron chi connectivity index (χ1n) is 15.1. The van der Waals surface area contributed by atoms with Crippen LogP contribution in [0.15, 0.2) is 36.5 Å². The largest absolute Gasteiger partial charge is 0.448 e. The summed E-state index contributed by atoms with van der Waals surface area (Å²) in [4.78, 5) is 42.6. The Hall–Kier alpha value is -3.94. The number of hydrogen-bond donors (Lipinski definition) is 3. The average Bonchev–Trinajstić information content (AvgIpc) is 3.72. The Morgan fingerprint density at radius 3 is 2.50 bits per heavy atom. The van der Waals surface area contributed by atoms with Gasteiger partial charge in [-0.3, -0.25) is 9.59 Å². The molecule has 1 aromatic carbocycles. The molecular weight excluding hydrogens is 571 g/mol. The van der Waals surface area contributed by atoms with E-state index in [9.17, 15) is 14.0 Å². The number of aromatic nitrogens is 4. The quantitative estimate of drug-likeness (QED) is 0.302. The molecule has 1 atom stereocenters. The van der Waals surface area contributed by atoms with Gasteiger partial charge in [0.15, 0.2) is 11.4 Å². The van der Waals surface area contributed by atoms with Crippen molar-refractivity contribution in [3.63, 3.8) is 0 Å². The highest BCUT2D eigenvalue weighted by molar-refractivity contribution is 5.88. The summed E-state index contributed by atoms with van der Waals surface area (Å²) in [6.07, 6.45) is 6.15. The van der Waals surface area contributed by atoms with E-state index in [1.165, 1.54) is 12.1 Å². The highest BCUT2D eigenvalue weighted by Gasteiger charge is 2.48. The molecule has 3 fully saturated rings. The zero-order valence-corrected chi connectivity index (χ0v) is 24.6. The van der Waals surface area contributed by atoms with Crippen molar-refractivity contribution < 1.29 is 32.9 Å². The third-order valence-corrected chi connectivity index (χ3v) is 8.48. The molecule has 234 valence electrons. The van der Waals surface area contributed by atoms with Gasteiger partial charge in [0.25, 0.3) is 5.91 Å². The number of amides is 1. The summed E-state index contributed by atoms with van der Waals surface area (Å²) >= 11 is 0. The van der Waals surface area contributed by atoms with E-state index in [-0.39, 0.29) is 25.1 Å². The molecule has 6 rings (SSSR count). The Labute approximate surface area is 254 Å². The van der Waals surface area contributed by atoms with Crippen LogP contribution in [0.2, 0.25) is 0 Å². The number of carbonyl (C=O) groups is 2. The van der Waals surface area contributed by atoms with Gasteiger partial charge in [0, 0.05) is 24.9 Å². The number of rotatable bonds is 9. The minimum atomic E-state index is -1.30. The first-order valence-corrected chi connectivity index (χ1v) is 15.1. The maximum atomic E-state index is 13.8. The summed E-state index contributed by atoms with van der Waals surface area (Å²) in [6, 6.07) is 7.73. The lowest BCUT2D eigenvalue weighted by atomic mass is 9.83. The summed E-state index contributed by atoms with van der Waals surface area (Å²) in [5.74, 6) is -0.803. The molecule has 0 spiro atoms. The normalized spacial score (nSPS) is 25.0. The van der Waals surface area contributed by atoms with E-state index >= 15 is 0 Å². The third-order valence-electron chi connectivity index (χ3n) is 8.48. The van der Waals surface area contributed by atoms with Gasteiger partial charge in [-0.25, -0.2) is 19.3 Å². The number of anilines is 1. The number of hydrogen-bond acceptors (Lipinski definition) is 10. The van der Waals surface area contributed by atoms with E-state index < -0.39 is 29.2 Å². The summed E-state index contributed by atoms with van der Waals surface area (Å²) in [6.45, 7) is 2.96. The van der Waals surface area contributed by atoms with E-state index in [4.69, 9.17) is 29.7 Å². The van der Waals surface area contributed by atoms with Crippen molar-refractivity contribution in [1.29, 1.82) is 0 Å². The van der Waals surface area contributed by atoms with E-state index in [0.717, 1.165) is 38.7 Å². The Kier molecular flexibility index (Phi) is 8.61. The minimum Gasteiger partial charge on any atom is -0.448 e. The van der Waals surface area contributed by atoms with Gasteiger partial charge in [-0.2, -0.15) is 0 Å². The van der Waals surface area contributed by atoms with Gasteiger partial charge in [-0.1, -0.05) is 6.42 Å². The topological polar surface area (TPSA) is 164 Å². The number of nitrogens with two attached hydrogens (primary N) is 1. The van der Waals surface area contributed by atoms with Crippen LogP contribution in [0.25, 0.3) is 22.6 Å². The van der Waals surface area contributed by atoms with Gasteiger partial charge < -0.3 is 35.0 Å². The van der Waals surface area contributed by atoms with Gasteiger partial charge >= 0.3 is 5.97 Å². The van der Waals surface area contributed by atoms with E-state index in [1.807, 2.05) is 0 Å². The smallest absolute Gasteiger partial charge is 0.317 e. The number of imidazole rings is 1. The van der Waals surface area contributed by atoms with E-state index in [2.05, 4.69) is 20.3 Å². The number of benzene rings is 1. The molecule has 12 nitrogen and oxygen atoms in total. The highest BCUT2D eigenvalue weighted by Crippen LogP contribution is 2.38. The van der Waals surface area contributed by atoms with Crippen molar-refractivity contribution in [1.82, 2.24) is 19.9 Å². The number of carbonyl (C=O) groups excluding carboxylic acids is 2. The molecule has 1 unspecified atom stereocenters. The molecule has 1 amide bonds. The van der Waals surface area contributed by atoms with Gasteiger partial charge in [-0.15, -0.1) is 0 Å². The number of esters is 1. The van der Waals surface area contributed by atoms with Crippen molar-refractivity contribution in [2.24, 2.45) is 11.1 Å². The fourth-order valence-corrected chi connectivity index (χ4v) is 5.81. The molecule has 3 aliphatic rings. The first kappa shape index (κ1) is 30.1. The zero-order valence-electron chi connectivity index (χ0n) is 24.6. The first-order chi connectivity index (χ1) is 21.2. The average molecular weight is 609 g/mol. The number of ether oxygens (including phenoxy) is 4.